The third-order valence-corrected chi connectivity index (χ3v) is 3.31. The van der Waals surface area contributed by atoms with Gasteiger partial charge in [-0.2, -0.15) is 0 Å². The number of nitro benzene ring substituents is 1. The number of esters is 1. The second-order valence-electron chi connectivity index (χ2n) is 5.05. The van der Waals surface area contributed by atoms with Crippen LogP contribution in [-0.2, 0) is 4.74 Å². The number of rotatable bonds is 5. The SMILES string of the molecule is Cc1ccc(C(=O)[C@@H](C)OC(=O)c2ccccc2[N+](=O)[O-])cc1. The number of hydrogen-bond donors (Lipinski definition) is 0. The zero-order valence-corrected chi connectivity index (χ0v) is 12.7. The molecule has 0 fully saturated rings. The molecule has 2 aromatic rings. The van der Waals surface area contributed by atoms with Crippen molar-refractivity contribution >= 4 is 17.4 Å². The lowest BCUT2D eigenvalue weighted by atomic mass is 10.1. The van der Waals surface area contributed by atoms with Crippen molar-refractivity contribution < 1.29 is 19.2 Å². The lowest BCUT2D eigenvalue weighted by Crippen LogP contribution is -2.24. The van der Waals surface area contributed by atoms with E-state index in [2.05, 4.69) is 0 Å². The van der Waals surface area contributed by atoms with Crippen LogP contribution in [0.1, 0.15) is 33.2 Å². The van der Waals surface area contributed by atoms with Crippen molar-refractivity contribution in [2.75, 3.05) is 0 Å². The highest BCUT2D eigenvalue weighted by atomic mass is 16.6. The minimum absolute atomic E-state index is 0.180. The first-order valence-corrected chi connectivity index (χ1v) is 6.95. The number of hydrogen-bond acceptors (Lipinski definition) is 5. The fourth-order valence-corrected chi connectivity index (χ4v) is 2.04. The first-order chi connectivity index (χ1) is 10.9. The van der Waals surface area contributed by atoms with Crippen molar-refractivity contribution in [3.8, 4) is 0 Å². The molecule has 0 aromatic heterocycles. The van der Waals surface area contributed by atoms with E-state index in [1.165, 1.54) is 31.2 Å². The molecule has 1 atom stereocenters. The summed E-state index contributed by atoms with van der Waals surface area (Å²) in [6.45, 7) is 3.33. The number of ether oxygens (including phenoxy) is 1. The van der Waals surface area contributed by atoms with Crippen LogP contribution in [-0.4, -0.2) is 22.8 Å². The smallest absolute Gasteiger partial charge is 0.345 e. The van der Waals surface area contributed by atoms with Gasteiger partial charge in [-0.05, 0) is 19.9 Å². The van der Waals surface area contributed by atoms with E-state index < -0.39 is 17.0 Å². The normalized spacial score (nSPS) is 11.6. The Kier molecular flexibility index (Phi) is 4.85. The molecule has 6 heteroatoms. The molecule has 0 bridgehead atoms. The van der Waals surface area contributed by atoms with Gasteiger partial charge in [-0.3, -0.25) is 14.9 Å². The van der Waals surface area contributed by atoms with E-state index in [9.17, 15) is 19.7 Å². The quantitative estimate of drug-likeness (QED) is 0.366. The monoisotopic (exact) mass is 313 g/mol. The molecule has 23 heavy (non-hydrogen) atoms. The number of nitrogens with zero attached hydrogens (tertiary/aromatic N) is 1. The maximum Gasteiger partial charge on any atom is 0.345 e. The van der Waals surface area contributed by atoms with Crippen LogP contribution in [0.15, 0.2) is 48.5 Å². The number of aryl methyl sites for hydroxylation is 1. The van der Waals surface area contributed by atoms with Crippen LogP contribution in [0, 0.1) is 17.0 Å². The number of carbonyl (C=O) groups excluding carboxylic acids is 2. The highest BCUT2D eigenvalue weighted by Crippen LogP contribution is 2.19. The Labute approximate surface area is 132 Å². The lowest BCUT2D eigenvalue weighted by Gasteiger charge is -2.12. The summed E-state index contributed by atoms with van der Waals surface area (Å²) < 4.78 is 5.08. The molecule has 0 aliphatic heterocycles. The van der Waals surface area contributed by atoms with Gasteiger partial charge in [0.25, 0.3) is 5.69 Å². The second kappa shape index (κ2) is 6.83. The first kappa shape index (κ1) is 16.4. The van der Waals surface area contributed by atoms with E-state index in [1.54, 1.807) is 24.3 Å². The minimum Gasteiger partial charge on any atom is -0.450 e. The van der Waals surface area contributed by atoms with Gasteiger partial charge in [-0.25, -0.2) is 4.79 Å². The number of nitro groups is 1. The Morgan fingerprint density at radius 2 is 1.70 bits per heavy atom. The highest BCUT2D eigenvalue weighted by Gasteiger charge is 2.25. The summed E-state index contributed by atoms with van der Waals surface area (Å²) in [4.78, 5) is 34.6. The number of ketones is 1. The van der Waals surface area contributed by atoms with Gasteiger partial charge in [0.15, 0.2) is 6.10 Å². The third-order valence-electron chi connectivity index (χ3n) is 3.31. The first-order valence-electron chi connectivity index (χ1n) is 6.95. The molecule has 0 saturated heterocycles. The van der Waals surface area contributed by atoms with Crippen LogP contribution in [0.2, 0.25) is 0 Å². The van der Waals surface area contributed by atoms with Crippen molar-refractivity contribution in [3.05, 3.63) is 75.3 Å². The van der Waals surface area contributed by atoms with E-state index in [-0.39, 0.29) is 17.0 Å². The van der Waals surface area contributed by atoms with Crippen molar-refractivity contribution in [2.45, 2.75) is 20.0 Å². The van der Waals surface area contributed by atoms with Crippen molar-refractivity contribution in [3.63, 3.8) is 0 Å². The van der Waals surface area contributed by atoms with Crippen LogP contribution in [0.4, 0.5) is 5.69 Å². The van der Waals surface area contributed by atoms with Crippen LogP contribution in [0.5, 0.6) is 0 Å². The minimum atomic E-state index is -1.04. The molecule has 0 saturated carbocycles. The molecule has 0 aliphatic rings. The van der Waals surface area contributed by atoms with Crippen LogP contribution < -0.4 is 0 Å². The van der Waals surface area contributed by atoms with E-state index in [0.29, 0.717) is 5.56 Å². The maximum atomic E-state index is 12.2. The molecule has 118 valence electrons. The summed E-state index contributed by atoms with van der Waals surface area (Å²) in [6, 6.07) is 12.3. The summed E-state index contributed by atoms with van der Waals surface area (Å²) in [5, 5.41) is 10.9. The predicted octanol–water partition coefficient (Wildman–Crippen LogP) is 3.33. The third kappa shape index (κ3) is 3.79. The average molecular weight is 313 g/mol. The van der Waals surface area contributed by atoms with Gasteiger partial charge in [0.1, 0.15) is 5.56 Å². The summed E-state index contributed by atoms with van der Waals surface area (Å²) >= 11 is 0. The molecule has 0 spiro atoms. The Bertz CT molecular complexity index is 752. The Morgan fingerprint density at radius 3 is 2.30 bits per heavy atom. The zero-order valence-electron chi connectivity index (χ0n) is 12.7. The van der Waals surface area contributed by atoms with Crippen molar-refractivity contribution in [2.24, 2.45) is 0 Å². The Balaban J connectivity index is 2.15. The molecule has 0 unspecified atom stereocenters. The molecule has 0 aliphatic carbocycles. The molecular formula is C17H15NO5. The largest absolute Gasteiger partial charge is 0.450 e. The number of Topliss-reactive ketones (excluding diaryl/α,β-unsaturated/α-hetero) is 1. The molecule has 2 rings (SSSR count). The number of para-hydroxylation sites is 1. The number of benzene rings is 2. The average Bonchev–Trinajstić information content (AvgIpc) is 2.54. The predicted molar refractivity (Wildman–Crippen MR) is 83.5 cm³/mol. The zero-order chi connectivity index (χ0) is 17.0. The lowest BCUT2D eigenvalue weighted by molar-refractivity contribution is -0.385. The van der Waals surface area contributed by atoms with E-state index in [0.717, 1.165) is 5.56 Å². The second-order valence-corrected chi connectivity index (χ2v) is 5.05. The van der Waals surface area contributed by atoms with Crippen LogP contribution >= 0.6 is 0 Å². The summed E-state index contributed by atoms with van der Waals surface area (Å²) in [7, 11) is 0. The fraction of sp³-hybridized carbons (Fsp3) is 0.176. The van der Waals surface area contributed by atoms with E-state index >= 15 is 0 Å². The molecule has 0 radical (unpaired) electrons. The van der Waals surface area contributed by atoms with Gasteiger partial charge in [-0.15, -0.1) is 0 Å². The molecule has 2 aromatic carbocycles. The van der Waals surface area contributed by atoms with Gasteiger partial charge in [-0.1, -0.05) is 42.0 Å². The molecule has 0 N–H and O–H groups in total. The van der Waals surface area contributed by atoms with Gasteiger partial charge < -0.3 is 4.74 Å². The Morgan fingerprint density at radius 1 is 1.09 bits per heavy atom. The summed E-state index contributed by atoms with van der Waals surface area (Å²) in [6.07, 6.45) is -1.04. The Hall–Kier alpha value is -3.02. The fourth-order valence-electron chi connectivity index (χ4n) is 2.04. The molecule has 0 amide bonds. The number of carbonyl (C=O) groups is 2. The standard InChI is InChI=1S/C17H15NO5/c1-11-7-9-13(10-8-11)16(19)12(2)23-17(20)14-5-3-4-6-15(14)18(21)22/h3-10,12H,1-2H3/t12-/m1/s1. The summed E-state index contributed by atoms with van der Waals surface area (Å²) in [5.74, 6) is -1.26. The van der Waals surface area contributed by atoms with Crippen LogP contribution in [0.25, 0.3) is 0 Å². The van der Waals surface area contributed by atoms with Gasteiger partial charge in [0.05, 0.1) is 4.92 Å². The van der Waals surface area contributed by atoms with Crippen molar-refractivity contribution in [1.29, 1.82) is 0 Å². The summed E-state index contributed by atoms with van der Waals surface area (Å²) in [5.41, 5.74) is 0.887. The molecular weight excluding hydrogens is 298 g/mol. The molecule has 6 nitrogen and oxygen atoms in total. The van der Waals surface area contributed by atoms with E-state index in [1.807, 2.05) is 6.92 Å². The van der Waals surface area contributed by atoms with E-state index in [4.69, 9.17) is 4.74 Å². The topological polar surface area (TPSA) is 86.5 Å². The highest BCUT2D eigenvalue weighted by molar-refractivity contribution is 6.02. The maximum absolute atomic E-state index is 12.2. The van der Waals surface area contributed by atoms with Crippen molar-refractivity contribution in [1.82, 2.24) is 0 Å². The van der Waals surface area contributed by atoms with Gasteiger partial charge in [0, 0.05) is 11.6 Å². The van der Waals surface area contributed by atoms with Crippen LogP contribution in [0.3, 0.4) is 0 Å². The molecule has 0 heterocycles. The van der Waals surface area contributed by atoms with Gasteiger partial charge >= 0.3 is 5.97 Å². The van der Waals surface area contributed by atoms with Gasteiger partial charge in [0.2, 0.25) is 5.78 Å².